The minimum atomic E-state index is -0.387. The summed E-state index contributed by atoms with van der Waals surface area (Å²) >= 11 is 0. The highest BCUT2D eigenvalue weighted by atomic mass is 16.5. The second kappa shape index (κ2) is 2.64. The number of hydrogen-bond acceptors (Lipinski definition) is 3. The van der Waals surface area contributed by atoms with Crippen LogP contribution in [0.25, 0.3) is 0 Å². The molecule has 1 rings (SSSR count). The Hall–Kier alpha value is -0.120. The lowest BCUT2D eigenvalue weighted by molar-refractivity contribution is 0.0422. The fourth-order valence-electron chi connectivity index (χ4n) is 0.992. The van der Waals surface area contributed by atoms with Crippen LogP contribution < -0.4 is 0 Å². The van der Waals surface area contributed by atoms with E-state index in [1.165, 1.54) is 0 Å². The number of aliphatic hydroxyl groups excluding tert-OH is 2. The maximum Gasteiger partial charge on any atom is 0.0857 e. The first-order chi connectivity index (χ1) is 4.25. The molecule has 0 spiro atoms. The molecule has 0 aliphatic carbocycles. The van der Waals surface area contributed by atoms with Crippen molar-refractivity contribution in [3.8, 4) is 0 Å². The molecule has 54 valence electrons. The van der Waals surface area contributed by atoms with Gasteiger partial charge in [0.25, 0.3) is 0 Å². The quantitative estimate of drug-likeness (QED) is 0.499. The number of rotatable bonds is 1. The summed E-state index contributed by atoms with van der Waals surface area (Å²) in [6, 6.07) is 0. The summed E-state index contributed by atoms with van der Waals surface area (Å²) in [6.07, 6.45) is -0.540. The van der Waals surface area contributed by atoms with Gasteiger partial charge in [-0.25, -0.2) is 0 Å². The first kappa shape index (κ1) is 6.99. The molecular weight excluding hydrogens is 120 g/mol. The molecule has 1 saturated heterocycles. The van der Waals surface area contributed by atoms with Gasteiger partial charge in [-0.15, -0.1) is 0 Å². The Bertz CT molecular complexity index is 94.3. The molecule has 9 heavy (non-hydrogen) atoms. The van der Waals surface area contributed by atoms with Crippen molar-refractivity contribution in [1.82, 2.24) is 0 Å². The highest BCUT2D eigenvalue weighted by Gasteiger charge is 2.31. The van der Waals surface area contributed by atoms with Crippen LogP contribution in [0, 0.1) is 5.92 Å². The predicted molar refractivity (Wildman–Crippen MR) is 32.0 cm³/mol. The maximum absolute atomic E-state index is 9.06. The molecule has 0 bridgehead atoms. The van der Waals surface area contributed by atoms with E-state index in [1.54, 1.807) is 0 Å². The third kappa shape index (κ3) is 1.23. The Morgan fingerprint density at radius 3 is 2.56 bits per heavy atom. The van der Waals surface area contributed by atoms with Crippen molar-refractivity contribution in [3.63, 3.8) is 0 Å². The summed E-state index contributed by atoms with van der Waals surface area (Å²) in [5.74, 6) is 0.0787. The highest BCUT2D eigenvalue weighted by Crippen LogP contribution is 2.19. The van der Waals surface area contributed by atoms with Crippen molar-refractivity contribution < 1.29 is 14.9 Å². The third-order valence-corrected chi connectivity index (χ3v) is 1.85. The van der Waals surface area contributed by atoms with Crippen LogP contribution in [0.2, 0.25) is 0 Å². The SMILES string of the molecule is CC1C(O)COC1CO. The molecule has 3 atom stereocenters. The summed E-state index contributed by atoms with van der Waals surface area (Å²) in [4.78, 5) is 0. The van der Waals surface area contributed by atoms with Gasteiger partial charge in [0.05, 0.1) is 25.4 Å². The minimum absolute atomic E-state index is 0.0121. The Kier molecular flexibility index (Phi) is 2.05. The molecule has 1 aliphatic rings. The van der Waals surface area contributed by atoms with Crippen LogP contribution in [0.3, 0.4) is 0 Å². The Labute approximate surface area is 54.3 Å². The van der Waals surface area contributed by atoms with Gasteiger partial charge in [-0.2, -0.15) is 0 Å². The molecule has 1 aliphatic heterocycles. The van der Waals surface area contributed by atoms with Crippen LogP contribution in [-0.2, 0) is 4.74 Å². The Morgan fingerprint density at radius 1 is 1.67 bits per heavy atom. The van der Waals surface area contributed by atoms with Gasteiger partial charge in [0.1, 0.15) is 0 Å². The number of hydrogen-bond donors (Lipinski definition) is 2. The first-order valence-corrected chi connectivity index (χ1v) is 3.16. The molecule has 0 aromatic carbocycles. The van der Waals surface area contributed by atoms with Crippen molar-refractivity contribution in [1.29, 1.82) is 0 Å². The molecular formula is C6H12O3. The largest absolute Gasteiger partial charge is 0.394 e. The van der Waals surface area contributed by atoms with Gasteiger partial charge in [0.2, 0.25) is 0 Å². The Morgan fingerprint density at radius 2 is 2.33 bits per heavy atom. The van der Waals surface area contributed by atoms with Crippen molar-refractivity contribution in [3.05, 3.63) is 0 Å². The van der Waals surface area contributed by atoms with E-state index in [4.69, 9.17) is 14.9 Å². The van der Waals surface area contributed by atoms with E-state index >= 15 is 0 Å². The van der Waals surface area contributed by atoms with Crippen molar-refractivity contribution in [2.45, 2.75) is 19.1 Å². The van der Waals surface area contributed by atoms with Crippen LogP contribution in [0.4, 0.5) is 0 Å². The van der Waals surface area contributed by atoms with Gasteiger partial charge >= 0.3 is 0 Å². The first-order valence-electron chi connectivity index (χ1n) is 3.16. The number of aliphatic hydroxyl groups is 2. The van der Waals surface area contributed by atoms with Crippen LogP contribution in [0.15, 0.2) is 0 Å². The second-order valence-electron chi connectivity index (χ2n) is 2.48. The van der Waals surface area contributed by atoms with E-state index in [1.807, 2.05) is 6.92 Å². The zero-order valence-corrected chi connectivity index (χ0v) is 5.45. The average molecular weight is 132 g/mol. The molecule has 3 heteroatoms. The van der Waals surface area contributed by atoms with E-state index in [9.17, 15) is 0 Å². The Balaban J connectivity index is 2.41. The molecule has 3 nitrogen and oxygen atoms in total. The lowest BCUT2D eigenvalue weighted by Crippen LogP contribution is -2.23. The summed E-state index contributed by atoms with van der Waals surface area (Å²) in [5, 5.41) is 17.7. The molecule has 1 heterocycles. The van der Waals surface area contributed by atoms with Crippen LogP contribution in [0.5, 0.6) is 0 Å². The van der Waals surface area contributed by atoms with Gasteiger partial charge in [-0.05, 0) is 0 Å². The van der Waals surface area contributed by atoms with Gasteiger partial charge < -0.3 is 14.9 Å². The molecule has 0 aromatic rings. The molecule has 3 unspecified atom stereocenters. The van der Waals surface area contributed by atoms with Crippen molar-refractivity contribution in [2.75, 3.05) is 13.2 Å². The monoisotopic (exact) mass is 132 g/mol. The smallest absolute Gasteiger partial charge is 0.0857 e. The van der Waals surface area contributed by atoms with Gasteiger partial charge in [-0.3, -0.25) is 0 Å². The van der Waals surface area contributed by atoms with E-state index in [-0.39, 0.29) is 24.7 Å². The zero-order valence-electron chi connectivity index (χ0n) is 5.45. The average Bonchev–Trinajstić information content (AvgIpc) is 2.15. The van der Waals surface area contributed by atoms with Crippen molar-refractivity contribution in [2.24, 2.45) is 5.92 Å². The zero-order chi connectivity index (χ0) is 6.85. The summed E-state index contributed by atoms with van der Waals surface area (Å²) in [7, 11) is 0. The maximum atomic E-state index is 9.06. The predicted octanol–water partition coefficient (Wildman–Crippen LogP) is -0.626. The van der Waals surface area contributed by atoms with E-state index < -0.39 is 0 Å². The van der Waals surface area contributed by atoms with Gasteiger partial charge in [-0.1, -0.05) is 6.92 Å². The lowest BCUT2D eigenvalue weighted by Gasteiger charge is -2.11. The number of ether oxygens (including phenoxy) is 1. The van der Waals surface area contributed by atoms with E-state index in [0.29, 0.717) is 6.61 Å². The molecule has 1 fully saturated rings. The fourth-order valence-corrected chi connectivity index (χ4v) is 0.992. The molecule has 0 radical (unpaired) electrons. The van der Waals surface area contributed by atoms with Crippen molar-refractivity contribution >= 4 is 0 Å². The molecule has 0 aromatic heterocycles. The molecule has 2 N–H and O–H groups in total. The lowest BCUT2D eigenvalue weighted by atomic mass is 10.0. The minimum Gasteiger partial charge on any atom is -0.394 e. The normalized spacial score (nSPS) is 43.7. The van der Waals surface area contributed by atoms with Crippen LogP contribution >= 0.6 is 0 Å². The van der Waals surface area contributed by atoms with Crippen LogP contribution in [0.1, 0.15) is 6.92 Å². The molecule has 0 saturated carbocycles. The van der Waals surface area contributed by atoms with Gasteiger partial charge in [0, 0.05) is 5.92 Å². The molecule has 0 amide bonds. The van der Waals surface area contributed by atoms with Crippen LogP contribution in [-0.4, -0.2) is 35.6 Å². The standard InChI is InChI=1S/C6H12O3/c1-4-5(8)3-9-6(4)2-7/h4-8H,2-3H2,1H3. The highest BCUT2D eigenvalue weighted by molar-refractivity contribution is 4.79. The third-order valence-electron chi connectivity index (χ3n) is 1.85. The van der Waals surface area contributed by atoms with E-state index in [2.05, 4.69) is 0 Å². The summed E-state index contributed by atoms with van der Waals surface area (Å²) in [5.41, 5.74) is 0. The summed E-state index contributed by atoms with van der Waals surface area (Å²) < 4.78 is 5.03. The summed E-state index contributed by atoms with van der Waals surface area (Å²) in [6.45, 7) is 2.25. The fraction of sp³-hybridized carbons (Fsp3) is 1.00. The van der Waals surface area contributed by atoms with Gasteiger partial charge in [0.15, 0.2) is 0 Å². The van der Waals surface area contributed by atoms with E-state index in [0.717, 1.165) is 0 Å². The second-order valence-corrected chi connectivity index (χ2v) is 2.48. The topological polar surface area (TPSA) is 49.7 Å².